The molecule has 9 aromatic carbocycles. The van der Waals surface area contributed by atoms with Gasteiger partial charge in [0.25, 0.3) is 0 Å². The lowest BCUT2D eigenvalue weighted by Gasteiger charge is -2.20. The molecule has 0 radical (unpaired) electrons. The van der Waals surface area contributed by atoms with Crippen molar-refractivity contribution in [1.29, 1.82) is 5.41 Å². The summed E-state index contributed by atoms with van der Waals surface area (Å²) in [5, 5.41) is 24.6. The molecule has 1 aromatic heterocycles. The summed E-state index contributed by atoms with van der Waals surface area (Å²) in [6.45, 7) is 0.350. The molecule has 1 aliphatic rings. The van der Waals surface area contributed by atoms with Crippen LogP contribution in [0.2, 0.25) is 0 Å². The van der Waals surface area contributed by atoms with E-state index in [-0.39, 0.29) is 0 Å². The third-order valence-electron chi connectivity index (χ3n) is 11.8. The molecular weight excluding hydrogens is 729 g/mol. The molecule has 4 heteroatoms. The number of rotatable bonds is 7. The zero-order chi connectivity index (χ0) is 40.0. The average Bonchev–Trinajstić information content (AvgIpc) is 3.31. The van der Waals surface area contributed by atoms with Crippen molar-refractivity contribution in [1.82, 2.24) is 4.98 Å². The Labute approximate surface area is 348 Å². The van der Waals surface area contributed by atoms with Crippen LogP contribution < -0.4 is 5.32 Å². The molecule has 60 heavy (non-hydrogen) atoms. The standard InChI is InChI=1S/C56H38N4/c57-51-33-40(55-47-19-7-5-17-45(47)54(46-18-6-8-20-48(46)55)39-24-23-36-12-1-2-13-38(36)32-39)27-30-52(51)60-35-59-42-28-25-37(26-29-42)53-43-15-3-9-21-49(43)56(41-14-11-31-58-34-41)50-22-10-4-16-44(50)53/h1-34,57,59H,35H2. The van der Waals surface area contributed by atoms with Crippen LogP contribution in [0.25, 0.3) is 92.8 Å². The summed E-state index contributed by atoms with van der Waals surface area (Å²) >= 11 is 0. The van der Waals surface area contributed by atoms with Crippen LogP contribution in [0.3, 0.4) is 0 Å². The molecule has 0 aliphatic heterocycles. The zero-order valence-electron chi connectivity index (χ0n) is 32.7. The SMILES string of the molecule is N=C1C=C(c2c3ccccc3c(-c3ccc4ccccc4c3)c3ccccc23)C=CC1=NCNc1ccc(-c2c3ccccc3c(-c3cccnc3)c3ccccc23)cc1. The Balaban J connectivity index is 0.880. The molecule has 0 bridgehead atoms. The normalized spacial score (nSPS) is 13.5. The minimum atomic E-state index is 0.350. The van der Waals surface area contributed by atoms with Crippen molar-refractivity contribution in [3.8, 4) is 33.4 Å². The fraction of sp³-hybridized carbons (Fsp3) is 0.0179. The van der Waals surface area contributed by atoms with Gasteiger partial charge in [-0.05, 0) is 129 Å². The van der Waals surface area contributed by atoms with Crippen LogP contribution in [0.15, 0.2) is 212 Å². The van der Waals surface area contributed by atoms with Crippen molar-refractivity contribution >= 4 is 76.5 Å². The third-order valence-corrected chi connectivity index (χ3v) is 11.8. The van der Waals surface area contributed by atoms with Gasteiger partial charge >= 0.3 is 0 Å². The lowest BCUT2D eigenvalue weighted by Crippen LogP contribution is -2.14. The molecule has 0 fully saturated rings. The molecular formula is C56H38N4. The van der Waals surface area contributed by atoms with Crippen LogP contribution in [0.5, 0.6) is 0 Å². The van der Waals surface area contributed by atoms with Crippen molar-refractivity contribution in [3.05, 3.63) is 212 Å². The van der Waals surface area contributed by atoms with Crippen molar-refractivity contribution in [3.63, 3.8) is 0 Å². The number of benzene rings is 9. The van der Waals surface area contributed by atoms with Gasteiger partial charge in [-0.25, -0.2) is 0 Å². The van der Waals surface area contributed by atoms with E-state index in [0.29, 0.717) is 18.1 Å². The maximum Gasteiger partial charge on any atom is 0.108 e. The summed E-state index contributed by atoms with van der Waals surface area (Å²) in [5.41, 5.74) is 11.3. The van der Waals surface area contributed by atoms with Crippen LogP contribution in [-0.4, -0.2) is 23.1 Å². The van der Waals surface area contributed by atoms with Gasteiger partial charge in [0.1, 0.15) is 6.67 Å². The maximum absolute atomic E-state index is 9.11. The maximum atomic E-state index is 9.11. The Morgan fingerprint density at radius 2 is 0.950 bits per heavy atom. The van der Waals surface area contributed by atoms with Gasteiger partial charge in [0.05, 0.1) is 11.4 Å². The quantitative estimate of drug-likeness (QED) is 0.125. The summed E-state index contributed by atoms with van der Waals surface area (Å²) < 4.78 is 0. The third kappa shape index (κ3) is 6.05. The molecule has 0 amide bonds. The molecule has 4 nitrogen and oxygen atoms in total. The second-order valence-electron chi connectivity index (χ2n) is 15.3. The van der Waals surface area contributed by atoms with E-state index in [9.17, 15) is 0 Å². The van der Waals surface area contributed by atoms with Crippen LogP contribution in [0, 0.1) is 5.41 Å². The van der Waals surface area contributed by atoms with Gasteiger partial charge < -0.3 is 5.32 Å². The molecule has 0 unspecified atom stereocenters. The molecule has 0 spiro atoms. The summed E-state index contributed by atoms with van der Waals surface area (Å²) in [4.78, 5) is 9.28. The fourth-order valence-electron chi connectivity index (χ4n) is 9.16. The Hall–Kier alpha value is -7.95. The van der Waals surface area contributed by atoms with E-state index >= 15 is 0 Å². The monoisotopic (exact) mass is 766 g/mol. The number of nitrogens with zero attached hydrogens (tertiary/aromatic N) is 2. The van der Waals surface area contributed by atoms with Crippen molar-refractivity contribution < 1.29 is 0 Å². The highest BCUT2D eigenvalue weighted by atomic mass is 15.0. The van der Waals surface area contributed by atoms with Gasteiger partial charge in [0, 0.05) is 23.6 Å². The topological polar surface area (TPSA) is 61.1 Å². The van der Waals surface area contributed by atoms with E-state index < -0.39 is 0 Å². The average molecular weight is 767 g/mol. The Kier molecular flexibility index (Phi) is 8.67. The first-order valence-electron chi connectivity index (χ1n) is 20.3. The molecule has 282 valence electrons. The number of aliphatic imine (C=N–C) groups is 1. The van der Waals surface area contributed by atoms with E-state index in [1.807, 2.05) is 30.6 Å². The molecule has 0 saturated heterocycles. The van der Waals surface area contributed by atoms with E-state index in [1.165, 1.54) is 76.1 Å². The van der Waals surface area contributed by atoms with E-state index in [2.05, 4.69) is 186 Å². The number of aromatic nitrogens is 1. The van der Waals surface area contributed by atoms with Gasteiger partial charge in [0.15, 0.2) is 0 Å². The number of pyridine rings is 1. The molecule has 2 N–H and O–H groups in total. The van der Waals surface area contributed by atoms with Crippen LogP contribution in [0.1, 0.15) is 5.56 Å². The Morgan fingerprint density at radius 3 is 1.50 bits per heavy atom. The summed E-state index contributed by atoms with van der Waals surface area (Å²) in [6, 6.07) is 62.7. The van der Waals surface area contributed by atoms with Crippen molar-refractivity contribution in [2.24, 2.45) is 4.99 Å². The van der Waals surface area contributed by atoms with E-state index in [1.54, 1.807) is 0 Å². The Morgan fingerprint density at radius 1 is 0.450 bits per heavy atom. The number of hydrogen-bond donors (Lipinski definition) is 2. The minimum Gasteiger partial charge on any atom is -0.366 e. The predicted octanol–water partition coefficient (Wildman–Crippen LogP) is 14.3. The zero-order valence-corrected chi connectivity index (χ0v) is 32.7. The minimum absolute atomic E-state index is 0.350. The number of hydrogen-bond acceptors (Lipinski definition) is 4. The second kappa shape index (κ2) is 14.8. The number of fused-ring (bicyclic) bond motifs is 5. The van der Waals surface area contributed by atoms with Gasteiger partial charge in [-0.2, -0.15) is 0 Å². The number of nitrogens with one attached hydrogen (secondary N) is 2. The van der Waals surface area contributed by atoms with Crippen molar-refractivity contribution in [2.45, 2.75) is 0 Å². The van der Waals surface area contributed by atoms with Crippen LogP contribution in [-0.2, 0) is 0 Å². The number of allylic oxidation sites excluding steroid dienone is 4. The van der Waals surface area contributed by atoms with E-state index in [0.717, 1.165) is 28.0 Å². The first kappa shape index (κ1) is 35.2. The van der Waals surface area contributed by atoms with Gasteiger partial charge in [0.2, 0.25) is 0 Å². The Bertz CT molecular complexity index is 3320. The number of anilines is 1. The van der Waals surface area contributed by atoms with E-state index in [4.69, 9.17) is 10.4 Å². The summed E-state index contributed by atoms with van der Waals surface area (Å²) in [5.74, 6) is 0. The van der Waals surface area contributed by atoms with Gasteiger partial charge in [-0.15, -0.1) is 0 Å². The molecule has 0 saturated carbocycles. The van der Waals surface area contributed by atoms with Crippen LogP contribution >= 0.6 is 0 Å². The summed E-state index contributed by atoms with van der Waals surface area (Å²) in [7, 11) is 0. The second-order valence-corrected chi connectivity index (χ2v) is 15.3. The molecule has 11 rings (SSSR count). The lowest BCUT2D eigenvalue weighted by atomic mass is 9.84. The van der Waals surface area contributed by atoms with Gasteiger partial charge in [-0.3, -0.25) is 15.4 Å². The molecule has 1 heterocycles. The van der Waals surface area contributed by atoms with Crippen LogP contribution in [0.4, 0.5) is 5.69 Å². The first-order chi connectivity index (χ1) is 29.7. The smallest absolute Gasteiger partial charge is 0.108 e. The first-order valence-corrected chi connectivity index (χ1v) is 20.3. The highest BCUT2D eigenvalue weighted by Gasteiger charge is 2.20. The molecule has 0 atom stereocenters. The lowest BCUT2D eigenvalue weighted by molar-refractivity contribution is 1.14. The summed E-state index contributed by atoms with van der Waals surface area (Å²) in [6.07, 6.45) is 9.83. The highest BCUT2D eigenvalue weighted by Crippen LogP contribution is 2.45. The highest BCUT2D eigenvalue weighted by molar-refractivity contribution is 6.52. The van der Waals surface area contributed by atoms with Gasteiger partial charge in [-0.1, -0.05) is 158 Å². The molecule has 10 aromatic rings. The van der Waals surface area contributed by atoms with Crippen molar-refractivity contribution in [2.75, 3.05) is 12.0 Å². The predicted molar refractivity (Wildman–Crippen MR) is 255 cm³/mol. The molecule has 1 aliphatic carbocycles. The largest absolute Gasteiger partial charge is 0.366 e. The fourth-order valence-corrected chi connectivity index (χ4v) is 9.16.